The lowest BCUT2D eigenvalue weighted by Crippen LogP contribution is -1.80. The van der Waals surface area contributed by atoms with Gasteiger partial charge in [0.2, 0.25) is 0 Å². The van der Waals surface area contributed by atoms with E-state index < -0.39 is 0 Å². The molecule has 0 atom stereocenters. The van der Waals surface area contributed by atoms with Crippen LogP contribution < -0.4 is 5.73 Å². The van der Waals surface area contributed by atoms with E-state index in [0.717, 1.165) is 6.42 Å². The lowest BCUT2D eigenvalue weighted by Gasteiger charge is -1.96. The smallest absolute Gasteiger partial charge is 0.00804 e. The highest BCUT2D eigenvalue weighted by Crippen LogP contribution is 2.07. The molecule has 0 unspecified atom stereocenters. The molecule has 0 aliphatic heterocycles. The summed E-state index contributed by atoms with van der Waals surface area (Å²) in [6.45, 7) is 7.82. The Bertz CT molecular complexity index is 219. The molecule has 0 fully saturated rings. The number of hydrogen-bond acceptors (Lipinski definition) is 1. The minimum absolute atomic E-state index is 0.852. The molecule has 0 amide bonds. The fourth-order valence-electron chi connectivity index (χ4n) is 0.781. The maximum Gasteiger partial charge on any atom is -0.00804 e. The Balaban J connectivity index is 4.33. The first-order valence-electron chi connectivity index (χ1n) is 4.07. The molecule has 0 radical (unpaired) electrons. The van der Waals surface area contributed by atoms with Crippen molar-refractivity contribution in [3.8, 4) is 0 Å². The third-order valence-corrected chi connectivity index (χ3v) is 1.62. The summed E-state index contributed by atoms with van der Waals surface area (Å²) in [5, 5.41) is 0. The molecule has 0 aromatic rings. The lowest BCUT2D eigenvalue weighted by atomic mass is 10.1. The predicted molar refractivity (Wildman–Crippen MR) is 55.7 cm³/mol. The quantitative estimate of drug-likeness (QED) is 0.633. The normalized spacial score (nSPS) is 13.8. The van der Waals surface area contributed by atoms with E-state index in [4.69, 9.17) is 5.73 Å². The standard InChI is InChI=1S/C11H17N/c1-4-10(3)9-11(5-2)7-6-8-12/h4-6,8-9H,2,7,12H2,1,3H3/b8-6-,10-4-,11-9+. The van der Waals surface area contributed by atoms with E-state index in [-0.39, 0.29) is 0 Å². The van der Waals surface area contributed by atoms with Crippen LogP contribution in [0.15, 0.2) is 48.2 Å². The molecule has 0 heterocycles. The minimum Gasteiger partial charge on any atom is -0.405 e. The molecule has 0 aliphatic rings. The van der Waals surface area contributed by atoms with Crippen molar-refractivity contribution in [3.05, 3.63) is 48.2 Å². The lowest BCUT2D eigenvalue weighted by molar-refractivity contribution is 1.25. The summed E-state index contributed by atoms with van der Waals surface area (Å²) in [5.74, 6) is 0. The molecule has 0 rings (SSSR count). The van der Waals surface area contributed by atoms with E-state index in [1.165, 1.54) is 11.1 Å². The number of rotatable bonds is 4. The summed E-state index contributed by atoms with van der Waals surface area (Å²) in [6, 6.07) is 0. The van der Waals surface area contributed by atoms with Gasteiger partial charge in [-0.2, -0.15) is 0 Å². The Kier molecular flexibility index (Phi) is 5.80. The minimum atomic E-state index is 0.852. The second-order valence-corrected chi connectivity index (χ2v) is 2.59. The van der Waals surface area contributed by atoms with Gasteiger partial charge in [0.25, 0.3) is 0 Å². The zero-order valence-electron chi connectivity index (χ0n) is 7.88. The Labute approximate surface area is 75.0 Å². The number of nitrogens with two attached hydrogens (primary N) is 1. The van der Waals surface area contributed by atoms with Crippen LogP contribution in [0.4, 0.5) is 0 Å². The van der Waals surface area contributed by atoms with Crippen LogP contribution in [-0.4, -0.2) is 0 Å². The maximum atomic E-state index is 5.24. The van der Waals surface area contributed by atoms with Crippen LogP contribution in [0.2, 0.25) is 0 Å². The Morgan fingerprint density at radius 2 is 2.17 bits per heavy atom. The predicted octanol–water partition coefficient (Wildman–Crippen LogP) is 2.93. The zero-order chi connectivity index (χ0) is 9.40. The summed E-state index contributed by atoms with van der Waals surface area (Å²) in [5.41, 5.74) is 7.67. The van der Waals surface area contributed by atoms with Crippen molar-refractivity contribution in [1.82, 2.24) is 0 Å². The molecule has 2 N–H and O–H groups in total. The molecule has 12 heavy (non-hydrogen) atoms. The van der Waals surface area contributed by atoms with Crippen molar-refractivity contribution in [2.24, 2.45) is 5.73 Å². The Hall–Kier alpha value is -1.24. The highest BCUT2D eigenvalue weighted by atomic mass is 14.5. The van der Waals surface area contributed by atoms with E-state index in [1.54, 1.807) is 6.20 Å². The molecular weight excluding hydrogens is 146 g/mol. The van der Waals surface area contributed by atoms with Gasteiger partial charge >= 0.3 is 0 Å². The molecule has 0 aromatic heterocycles. The van der Waals surface area contributed by atoms with Crippen molar-refractivity contribution in [1.29, 1.82) is 0 Å². The van der Waals surface area contributed by atoms with Gasteiger partial charge in [0, 0.05) is 0 Å². The zero-order valence-corrected chi connectivity index (χ0v) is 7.88. The van der Waals surface area contributed by atoms with E-state index in [9.17, 15) is 0 Å². The molecule has 1 heteroatoms. The third kappa shape index (κ3) is 4.56. The summed E-state index contributed by atoms with van der Waals surface area (Å²) in [7, 11) is 0. The van der Waals surface area contributed by atoms with Gasteiger partial charge in [-0.05, 0) is 32.0 Å². The van der Waals surface area contributed by atoms with E-state index >= 15 is 0 Å². The van der Waals surface area contributed by atoms with Crippen LogP contribution in [0.1, 0.15) is 20.3 Å². The van der Waals surface area contributed by atoms with Gasteiger partial charge in [0.05, 0.1) is 0 Å². The number of allylic oxidation sites excluding steroid dienone is 6. The monoisotopic (exact) mass is 163 g/mol. The Morgan fingerprint density at radius 1 is 1.50 bits per heavy atom. The summed E-state index contributed by atoms with van der Waals surface area (Å²) < 4.78 is 0. The molecule has 0 aliphatic carbocycles. The van der Waals surface area contributed by atoms with Crippen LogP contribution >= 0.6 is 0 Å². The van der Waals surface area contributed by atoms with Crippen LogP contribution in [-0.2, 0) is 0 Å². The average Bonchev–Trinajstić information content (AvgIpc) is 2.11. The topological polar surface area (TPSA) is 26.0 Å². The van der Waals surface area contributed by atoms with Crippen molar-refractivity contribution in [2.75, 3.05) is 0 Å². The first-order valence-corrected chi connectivity index (χ1v) is 4.07. The summed E-state index contributed by atoms with van der Waals surface area (Å²) in [4.78, 5) is 0. The number of hydrogen-bond donors (Lipinski definition) is 1. The van der Waals surface area contributed by atoms with E-state index in [1.807, 2.05) is 19.1 Å². The highest BCUT2D eigenvalue weighted by molar-refractivity contribution is 5.29. The van der Waals surface area contributed by atoms with Crippen LogP contribution in [0.5, 0.6) is 0 Å². The van der Waals surface area contributed by atoms with Crippen molar-refractivity contribution in [2.45, 2.75) is 20.3 Å². The van der Waals surface area contributed by atoms with Gasteiger partial charge in [-0.25, -0.2) is 0 Å². The van der Waals surface area contributed by atoms with Gasteiger partial charge in [-0.1, -0.05) is 36.5 Å². The molecule has 0 bridgehead atoms. The molecular formula is C11H17N. The summed E-state index contributed by atoms with van der Waals surface area (Å²) in [6.07, 6.45) is 10.3. The van der Waals surface area contributed by atoms with Gasteiger partial charge in [-0.15, -0.1) is 0 Å². The van der Waals surface area contributed by atoms with Gasteiger partial charge in [0.15, 0.2) is 0 Å². The highest BCUT2D eigenvalue weighted by Gasteiger charge is 1.87. The first kappa shape index (κ1) is 10.8. The summed E-state index contributed by atoms with van der Waals surface area (Å²) >= 11 is 0. The second kappa shape index (κ2) is 6.47. The van der Waals surface area contributed by atoms with Crippen LogP contribution in [0.25, 0.3) is 0 Å². The van der Waals surface area contributed by atoms with Crippen LogP contribution in [0.3, 0.4) is 0 Å². The fourth-order valence-corrected chi connectivity index (χ4v) is 0.781. The molecule has 0 aromatic carbocycles. The Morgan fingerprint density at radius 3 is 2.58 bits per heavy atom. The average molecular weight is 163 g/mol. The van der Waals surface area contributed by atoms with Crippen molar-refractivity contribution < 1.29 is 0 Å². The van der Waals surface area contributed by atoms with Gasteiger partial charge in [0.1, 0.15) is 0 Å². The molecule has 1 nitrogen and oxygen atoms in total. The SMILES string of the molecule is C=C/C(=C\C(C)=C/C)C/C=C\N. The molecule has 0 spiro atoms. The third-order valence-electron chi connectivity index (χ3n) is 1.62. The molecule has 0 saturated carbocycles. The molecule has 66 valence electrons. The van der Waals surface area contributed by atoms with Gasteiger partial charge < -0.3 is 5.73 Å². The molecule has 0 saturated heterocycles. The largest absolute Gasteiger partial charge is 0.405 e. The maximum absolute atomic E-state index is 5.24. The second-order valence-electron chi connectivity index (χ2n) is 2.59. The fraction of sp³-hybridized carbons (Fsp3) is 0.273. The van der Waals surface area contributed by atoms with Gasteiger partial charge in [-0.3, -0.25) is 0 Å². The van der Waals surface area contributed by atoms with Crippen molar-refractivity contribution >= 4 is 0 Å². The van der Waals surface area contributed by atoms with E-state index in [2.05, 4.69) is 25.7 Å². The van der Waals surface area contributed by atoms with Crippen molar-refractivity contribution in [3.63, 3.8) is 0 Å². The first-order chi connectivity index (χ1) is 5.74. The van der Waals surface area contributed by atoms with Crippen LogP contribution in [0, 0.1) is 0 Å². The van der Waals surface area contributed by atoms with E-state index in [0.29, 0.717) is 0 Å².